The van der Waals surface area contributed by atoms with Gasteiger partial charge in [-0.3, -0.25) is 0 Å². The maximum absolute atomic E-state index is 6.30. The molecule has 208 valence electrons. The number of methoxy groups -OCH3 is 1. The molecule has 0 bridgehead atoms. The molecule has 0 atom stereocenters. The number of nitrogens with zero attached hydrogens (tertiary/aromatic N) is 1. The molecule has 0 aliphatic heterocycles. The van der Waals surface area contributed by atoms with Gasteiger partial charge in [0.05, 0.1) is 5.66 Å². The van der Waals surface area contributed by atoms with Gasteiger partial charge in [-0.05, 0) is 50.6 Å². The number of rotatable bonds is 8. The number of benzene rings is 3. The average molecular weight is 530 g/mol. The summed E-state index contributed by atoms with van der Waals surface area (Å²) in [6.07, 6.45) is 1.83. The van der Waals surface area contributed by atoms with Crippen LogP contribution in [0.15, 0.2) is 102 Å². The molecular formula is C32H52NO3P. The second kappa shape index (κ2) is 22.4. The monoisotopic (exact) mass is 529 g/mol. The largest absolute Gasteiger partial charge is 0.430 e. The van der Waals surface area contributed by atoms with E-state index in [2.05, 4.69) is 39.0 Å². The molecule has 0 aromatic heterocycles. The first-order valence-electron chi connectivity index (χ1n) is 11.6. The maximum Gasteiger partial charge on any atom is 0.317 e. The molecule has 0 fully saturated rings. The Labute approximate surface area is 228 Å². The van der Waals surface area contributed by atoms with E-state index in [1.807, 2.05) is 104 Å². The van der Waals surface area contributed by atoms with E-state index in [9.17, 15) is 0 Å². The Hall–Kier alpha value is -2.81. The van der Waals surface area contributed by atoms with E-state index < -0.39 is 7.51 Å². The third-order valence-corrected chi connectivity index (χ3v) is 7.36. The first-order chi connectivity index (χ1) is 16.4. The summed E-state index contributed by atoms with van der Waals surface area (Å²) in [5.41, 5.74) is 1.34. The van der Waals surface area contributed by atoms with Crippen LogP contribution in [0.2, 0.25) is 0 Å². The molecule has 5 heteroatoms. The quantitative estimate of drug-likeness (QED) is 0.272. The normalized spacial score (nSPS) is 9.51. The van der Waals surface area contributed by atoms with Gasteiger partial charge in [0.1, 0.15) is 11.5 Å². The van der Waals surface area contributed by atoms with Gasteiger partial charge in [0.15, 0.2) is 0 Å². The van der Waals surface area contributed by atoms with Crippen molar-refractivity contribution in [2.75, 3.05) is 13.7 Å². The summed E-state index contributed by atoms with van der Waals surface area (Å²) >= 11 is 0. The van der Waals surface area contributed by atoms with Gasteiger partial charge in [0, 0.05) is 19.8 Å². The molecule has 0 amide bonds. The van der Waals surface area contributed by atoms with Crippen molar-refractivity contribution < 1.29 is 13.8 Å². The minimum atomic E-state index is -2.44. The summed E-state index contributed by atoms with van der Waals surface area (Å²) in [5, 5.41) is 0. The van der Waals surface area contributed by atoms with Crippen molar-refractivity contribution in [2.45, 2.75) is 68.6 Å². The van der Waals surface area contributed by atoms with Crippen LogP contribution in [-0.4, -0.2) is 25.4 Å². The van der Waals surface area contributed by atoms with Crippen LogP contribution in [-0.2, 0) is 4.74 Å². The Kier molecular flexibility index (Phi) is 23.4. The molecule has 0 radical (unpaired) electrons. The van der Waals surface area contributed by atoms with Crippen molar-refractivity contribution in [3.05, 3.63) is 103 Å². The Morgan fingerprint density at radius 3 is 1.32 bits per heavy atom. The predicted octanol–water partition coefficient (Wildman–Crippen LogP) is 10.9. The molecule has 4 nitrogen and oxygen atoms in total. The smallest absolute Gasteiger partial charge is 0.317 e. The molecule has 3 aromatic rings. The highest BCUT2D eigenvalue weighted by molar-refractivity contribution is 7.58. The highest BCUT2D eigenvalue weighted by atomic mass is 31.2. The fourth-order valence-electron chi connectivity index (χ4n) is 2.59. The van der Waals surface area contributed by atoms with E-state index in [1.54, 1.807) is 7.11 Å². The van der Waals surface area contributed by atoms with Crippen molar-refractivity contribution in [1.29, 1.82) is 0 Å². The average Bonchev–Trinajstić information content (AvgIpc) is 2.86. The molecule has 0 heterocycles. The van der Waals surface area contributed by atoms with E-state index in [0.717, 1.165) is 18.1 Å². The predicted molar refractivity (Wildman–Crippen MR) is 168 cm³/mol. The summed E-state index contributed by atoms with van der Waals surface area (Å²) in [4.78, 5) is 0. The van der Waals surface area contributed by atoms with Crippen LogP contribution in [0.3, 0.4) is 0 Å². The molecule has 0 saturated heterocycles. The fourth-order valence-corrected chi connectivity index (χ4v) is 4.90. The molecule has 0 spiro atoms. The molecule has 37 heavy (non-hydrogen) atoms. The zero-order valence-corrected chi connectivity index (χ0v) is 22.3. The summed E-state index contributed by atoms with van der Waals surface area (Å²) in [6.45, 7) is 14.7. The van der Waals surface area contributed by atoms with Crippen LogP contribution in [0.25, 0.3) is 6.08 Å². The summed E-state index contributed by atoms with van der Waals surface area (Å²) in [6, 6.07) is 29.7. The van der Waals surface area contributed by atoms with E-state index in [-0.39, 0.29) is 34.0 Å². The second-order valence-electron chi connectivity index (χ2n) is 7.87. The van der Waals surface area contributed by atoms with Crippen LogP contribution >= 0.6 is 7.51 Å². The number of hydrogen-bond acceptors (Lipinski definition) is 4. The van der Waals surface area contributed by atoms with Gasteiger partial charge >= 0.3 is 7.51 Å². The van der Waals surface area contributed by atoms with Gasteiger partial charge in [-0.15, -0.1) is 0 Å². The van der Waals surface area contributed by atoms with E-state index in [4.69, 9.17) is 13.8 Å². The summed E-state index contributed by atoms with van der Waals surface area (Å²) in [7, 11) is -0.762. The fraction of sp³-hybridized carbons (Fsp3) is 0.375. The van der Waals surface area contributed by atoms with Gasteiger partial charge in [-0.2, -0.15) is 0 Å². The summed E-state index contributed by atoms with van der Waals surface area (Å²) < 4.78 is 22.0. The van der Waals surface area contributed by atoms with Crippen LogP contribution in [0, 0.1) is 0 Å². The molecule has 0 N–H and O–H groups in total. The second-order valence-corrected chi connectivity index (χ2v) is 10.6. The zero-order valence-electron chi connectivity index (χ0n) is 21.4. The number of hydrogen-bond donors (Lipinski definition) is 0. The van der Waals surface area contributed by atoms with Crippen LogP contribution in [0.1, 0.15) is 62.5 Å². The van der Waals surface area contributed by atoms with Crippen molar-refractivity contribution >= 4 is 13.6 Å². The standard InChI is InChI=1S/C18H24NO2P.C8H8.C3H8O.3CH4/c1-15(2)19-22(16(3)4,20-17-11-7-5-8-12-17)21-18-13-9-6-10-14-18;1-2-8-6-4-3-5-7-8;1-3-4-2;;;/h5-16H,1-4H3;2-7H,1H2;3H2,1-2H3;3*1H4. The Balaban J connectivity index is -0.000000646. The van der Waals surface area contributed by atoms with E-state index >= 15 is 0 Å². The molecular weight excluding hydrogens is 477 g/mol. The van der Waals surface area contributed by atoms with Crippen molar-refractivity contribution in [1.82, 2.24) is 0 Å². The van der Waals surface area contributed by atoms with Gasteiger partial charge in [0.25, 0.3) is 0 Å². The Morgan fingerprint density at radius 2 is 1.08 bits per heavy atom. The molecule has 0 aliphatic rings. The lowest BCUT2D eigenvalue weighted by Gasteiger charge is -2.29. The minimum Gasteiger partial charge on any atom is -0.430 e. The number of ether oxygens (including phenoxy) is 1. The molecule has 3 rings (SSSR count). The first kappa shape index (κ1) is 38.7. The lowest BCUT2D eigenvalue weighted by Crippen LogP contribution is -2.13. The van der Waals surface area contributed by atoms with Crippen molar-refractivity contribution in [2.24, 2.45) is 4.74 Å². The van der Waals surface area contributed by atoms with E-state index in [1.165, 1.54) is 5.56 Å². The van der Waals surface area contributed by atoms with Crippen LogP contribution in [0.5, 0.6) is 11.5 Å². The van der Waals surface area contributed by atoms with Crippen molar-refractivity contribution in [3.8, 4) is 11.5 Å². The highest BCUT2D eigenvalue weighted by Crippen LogP contribution is 2.56. The Bertz CT molecular complexity index is 912. The highest BCUT2D eigenvalue weighted by Gasteiger charge is 2.30. The van der Waals surface area contributed by atoms with Gasteiger partial charge in [0.2, 0.25) is 0 Å². The zero-order chi connectivity index (χ0) is 25.2. The SMILES string of the molecule is C.C.C.C=Cc1ccccc1.CC(C)N=P(Oc1ccccc1)(Oc1ccccc1)C(C)C.CCOC. The molecule has 0 aliphatic carbocycles. The molecule has 3 aromatic carbocycles. The lowest BCUT2D eigenvalue weighted by molar-refractivity contribution is 0.215. The minimum absolute atomic E-state index is 0. The third-order valence-electron chi connectivity index (χ3n) is 4.33. The van der Waals surface area contributed by atoms with Gasteiger partial charge in [-0.25, -0.2) is 4.74 Å². The van der Waals surface area contributed by atoms with Crippen LogP contribution < -0.4 is 9.05 Å². The lowest BCUT2D eigenvalue weighted by atomic mass is 10.2. The van der Waals surface area contributed by atoms with Crippen molar-refractivity contribution in [3.63, 3.8) is 0 Å². The van der Waals surface area contributed by atoms with E-state index in [0.29, 0.717) is 0 Å². The van der Waals surface area contributed by atoms with Gasteiger partial charge in [-0.1, -0.05) is 116 Å². The Morgan fingerprint density at radius 1 is 0.730 bits per heavy atom. The first-order valence-corrected chi connectivity index (χ1v) is 13.3. The van der Waals surface area contributed by atoms with Crippen LogP contribution in [0.4, 0.5) is 0 Å². The van der Waals surface area contributed by atoms with Gasteiger partial charge < -0.3 is 13.8 Å². The third kappa shape index (κ3) is 15.8. The summed E-state index contributed by atoms with van der Waals surface area (Å²) in [5.74, 6) is 1.59. The topological polar surface area (TPSA) is 40.0 Å². The molecule has 0 unspecified atom stereocenters. The maximum atomic E-state index is 6.30. The number of para-hydroxylation sites is 2. The molecule has 0 saturated carbocycles.